The molecule has 3 rings (SSSR count). The van der Waals surface area contributed by atoms with Crippen LogP contribution < -0.4 is 10.2 Å². The summed E-state index contributed by atoms with van der Waals surface area (Å²) in [5.74, 6) is -0.156. The summed E-state index contributed by atoms with van der Waals surface area (Å²) in [6.45, 7) is 5.01. The quantitative estimate of drug-likeness (QED) is 0.892. The Labute approximate surface area is 130 Å². The van der Waals surface area contributed by atoms with Gasteiger partial charge >= 0.3 is 0 Å². The molecule has 0 atom stereocenters. The van der Waals surface area contributed by atoms with E-state index in [1.807, 2.05) is 25.4 Å². The van der Waals surface area contributed by atoms with E-state index >= 15 is 0 Å². The van der Waals surface area contributed by atoms with E-state index in [0.717, 1.165) is 44.5 Å². The largest absolute Gasteiger partial charge is 0.371 e. The Bertz CT molecular complexity index is 589. The standard InChI is InChI=1S/C17H23FN4/c1-13-10-15(18)2-3-17(13)22-8-5-16(6-9-22)19-7-4-14-11-20-21-12-14/h2-3,10-12,16,19H,4-9H2,1H3,(H,20,21). The Hall–Kier alpha value is -1.88. The molecular formula is C17H23FN4. The molecule has 22 heavy (non-hydrogen) atoms. The van der Waals surface area contributed by atoms with Gasteiger partial charge in [0.1, 0.15) is 5.82 Å². The maximum Gasteiger partial charge on any atom is 0.123 e. The molecule has 0 aliphatic carbocycles. The summed E-state index contributed by atoms with van der Waals surface area (Å²) in [5.41, 5.74) is 3.43. The number of benzene rings is 1. The lowest BCUT2D eigenvalue weighted by molar-refractivity contribution is 0.417. The number of nitrogens with one attached hydrogen (secondary N) is 2. The number of hydrogen-bond acceptors (Lipinski definition) is 3. The second-order valence-electron chi connectivity index (χ2n) is 6.00. The number of rotatable bonds is 5. The first kappa shape index (κ1) is 15.0. The zero-order valence-electron chi connectivity index (χ0n) is 13.0. The number of H-pyrrole nitrogens is 1. The maximum absolute atomic E-state index is 13.2. The Kier molecular flexibility index (Phi) is 4.73. The minimum Gasteiger partial charge on any atom is -0.371 e. The molecule has 2 heterocycles. The maximum atomic E-state index is 13.2. The summed E-state index contributed by atoms with van der Waals surface area (Å²) >= 11 is 0. The molecule has 2 aromatic rings. The van der Waals surface area contributed by atoms with E-state index < -0.39 is 0 Å². The molecule has 0 bridgehead atoms. The lowest BCUT2D eigenvalue weighted by Gasteiger charge is -2.35. The average molecular weight is 302 g/mol. The van der Waals surface area contributed by atoms with Crippen molar-refractivity contribution in [3.63, 3.8) is 0 Å². The van der Waals surface area contributed by atoms with Crippen LogP contribution in [0.3, 0.4) is 0 Å². The molecule has 0 saturated carbocycles. The van der Waals surface area contributed by atoms with Crippen LogP contribution in [0.2, 0.25) is 0 Å². The molecular weight excluding hydrogens is 279 g/mol. The van der Waals surface area contributed by atoms with Crippen LogP contribution in [-0.4, -0.2) is 35.9 Å². The van der Waals surface area contributed by atoms with Gasteiger partial charge in [-0.05, 0) is 62.1 Å². The van der Waals surface area contributed by atoms with Crippen molar-refractivity contribution in [3.8, 4) is 0 Å². The first-order valence-corrected chi connectivity index (χ1v) is 7.94. The van der Waals surface area contributed by atoms with Crippen LogP contribution in [0, 0.1) is 12.7 Å². The molecule has 0 radical (unpaired) electrons. The molecule has 2 N–H and O–H groups in total. The van der Waals surface area contributed by atoms with Gasteiger partial charge < -0.3 is 10.2 Å². The summed E-state index contributed by atoms with van der Waals surface area (Å²) < 4.78 is 13.2. The summed E-state index contributed by atoms with van der Waals surface area (Å²) in [5, 5.41) is 10.4. The third-order valence-corrected chi connectivity index (χ3v) is 4.40. The van der Waals surface area contributed by atoms with Crippen molar-refractivity contribution in [1.29, 1.82) is 0 Å². The monoisotopic (exact) mass is 302 g/mol. The van der Waals surface area contributed by atoms with Gasteiger partial charge in [0.15, 0.2) is 0 Å². The molecule has 1 aliphatic rings. The van der Waals surface area contributed by atoms with Crippen LogP contribution in [0.25, 0.3) is 0 Å². The highest BCUT2D eigenvalue weighted by Gasteiger charge is 2.20. The fraction of sp³-hybridized carbons (Fsp3) is 0.471. The smallest absolute Gasteiger partial charge is 0.123 e. The van der Waals surface area contributed by atoms with Gasteiger partial charge in [0, 0.05) is 31.0 Å². The Morgan fingerprint density at radius 3 is 2.86 bits per heavy atom. The SMILES string of the molecule is Cc1cc(F)ccc1N1CCC(NCCc2cn[nH]c2)CC1. The van der Waals surface area contributed by atoms with Crippen molar-refractivity contribution < 1.29 is 4.39 Å². The minimum absolute atomic E-state index is 0.156. The molecule has 1 aromatic heterocycles. The van der Waals surface area contributed by atoms with Crippen LogP contribution in [0.5, 0.6) is 0 Å². The van der Waals surface area contributed by atoms with Gasteiger partial charge in [-0.15, -0.1) is 0 Å². The van der Waals surface area contributed by atoms with Crippen LogP contribution >= 0.6 is 0 Å². The van der Waals surface area contributed by atoms with Gasteiger partial charge in [0.2, 0.25) is 0 Å². The number of halogens is 1. The summed E-state index contributed by atoms with van der Waals surface area (Å²) in [6.07, 6.45) is 7.08. The molecule has 4 nitrogen and oxygen atoms in total. The van der Waals surface area contributed by atoms with Crippen molar-refractivity contribution in [3.05, 3.63) is 47.5 Å². The van der Waals surface area contributed by atoms with E-state index in [-0.39, 0.29) is 5.82 Å². The number of aromatic amines is 1. The third-order valence-electron chi connectivity index (χ3n) is 4.40. The lowest BCUT2D eigenvalue weighted by atomic mass is 10.0. The molecule has 1 saturated heterocycles. The van der Waals surface area contributed by atoms with Gasteiger partial charge in [-0.25, -0.2) is 4.39 Å². The van der Waals surface area contributed by atoms with Crippen LogP contribution in [0.4, 0.5) is 10.1 Å². The number of aryl methyl sites for hydroxylation is 1. The molecule has 0 spiro atoms. The van der Waals surface area contributed by atoms with Crippen molar-refractivity contribution in [2.75, 3.05) is 24.5 Å². The molecule has 0 unspecified atom stereocenters. The molecule has 1 aromatic carbocycles. The summed E-state index contributed by atoms with van der Waals surface area (Å²) in [7, 11) is 0. The predicted octanol–water partition coefficient (Wildman–Crippen LogP) is 2.66. The first-order chi connectivity index (χ1) is 10.7. The van der Waals surface area contributed by atoms with E-state index in [1.165, 1.54) is 11.3 Å². The zero-order chi connectivity index (χ0) is 15.4. The third kappa shape index (κ3) is 3.65. The van der Waals surface area contributed by atoms with Crippen molar-refractivity contribution in [1.82, 2.24) is 15.5 Å². The molecule has 1 fully saturated rings. The Balaban J connectivity index is 1.46. The fourth-order valence-corrected chi connectivity index (χ4v) is 3.13. The van der Waals surface area contributed by atoms with Gasteiger partial charge in [0.05, 0.1) is 6.20 Å². The van der Waals surface area contributed by atoms with Crippen molar-refractivity contribution in [2.24, 2.45) is 0 Å². The highest BCUT2D eigenvalue weighted by molar-refractivity contribution is 5.53. The van der Waals surface area contributed by atoms with E-state index in [2.05, 4.69) is 20.4 Å². The second-order valence-corrected chi connectivity index (χ2v) is 6.00. The van der Waals surface area contributed by atoms with Crippen LogP contribution in [0.1, 0.15) is 24.0 Å². The van der Waals surface area contributed by atoms with E-state index in [9.17, 15) is 4.39 Å². The second kappa shape index (κ2) is 6.92. The van der Waals surface area contributed by atoms with Gasteiger partial charge in [0.25, 0.3) is 0 Å². The Morgan fingerprint density at radius 1 is 1.36 bits per heavy atom. The predicted molar refractivity (Wildman–Crippen MR) is 86.7 cm³/mol. The van der Waals surface area contributed by atoms with Crippen molar-refractivity contribution in [2.45, 2.75) is 32.2 Å². The van der Waals surface area contributed by atoms with Gasteiger partial charge in [-0.3, -0.25) is 5.10 Å². The minimum atomic E-state index is -0.156. The van der Waals surface area contributed by atoms with Crippen LogP contribution in [-0.2, 0) is 6.42 Å². The highest BCUT2D eigenvalue weighted by Crippen LogP contribution is 2.24. The van der Waals surface area contributed by atoms with Gasteiger partial charge in [-0.2, -0.15) is 5.10 Å². The summed E-state index contributed by atoms with van der Waals surface area (Å²) in [4.78, 5) is 2.36. The Morgan fingerprint density at radius 2 is 2.18 bits per heavy atom. The fourth-order valence-electron chi connectivity index (χ4n) is 3.13. The number of anilines is 1. The number of hydrogen-bond donors (Lipinski definition) is 2. The van der Waals surface area contributed by atoms with E-state index in [0.29, 0.717) is 6.04 Å². The average Bonchev–Trinajstić information content (AvgIpc) is 3.02. The van der Waals surface area contributed by atoms with Gasteiger partial charge in [-0.1, -0.05) is 0 Å². The van der Waals surface area contributed by atoms with Crippen molar-refractivity contribution >= 4 is 5.69 Å². The molecule has 118 valence electrons. The molecule has 5 heteroatoms. The van der Waals surface area contributed by atoms with E-state index in [4.69, 9.17) is 0 Å². The number of nitrogens with zero attached hydrogens (tertiary/aromatic N) is 2. The number of aromatic nitrogens is 2. The highest BCUT2D eigenvalue weighted by atomic mass is 19.1. The molecule has 1 aliphatic heterocycles. The zero-order valence-corrected chi connectivity index (χ0v) is 13.0. The number of piperidine rings is 1. The lowest BCUT2D eigenvalue weighted by Crippen LogP contribution is -2.43. The van der Waals surface area contributed by atoms with Crippen LogP contribution in [0.15, 0.2) is 30.6 Å². The van der Waals surface area contributed by atoms with E-state index in [1.54, 1.807) is 12.1 Å². The normalized spacial score (nSPS) is 16.2. The first-order valence-electron chi connectivity index (χ1n) is 7.94. The summed E-state index contributed by atoms with van der Waals surface area (Å²) in [6, 6.07) is 5.64. The molecule has 0 amide bonds. The topological polar surface area (TPSA) is 44.0 Å².